The molecule has 0 saturated heterocycles. The smallest absolute Gasteiger partial charge is 0.403 e. The zero-order valence-electron chi connectivity index (χ0n) is 10.3. The minimum Gasteiger partial charge on any atom is -0.403 e. The highest BCUT2D eigenvalue weighted by molar-refractivity contribution is 5.84. The molecule has 1 heterocycles. The van der Waals surface area contributed by atoms with Gasteiger partial charge in [-0.15, -0.1) is 0 Å². The Balaban J connectivity index is 2.34. The lowest BCUT2D eigenvalue weighted by Gasteiger charge is -2.17. The van der Waals surface area contributed by atoms with E-state index in [1.165, 1.54) is 0 Å². The maximum Gasteiger partial charge on any atom is 0.424 e. The zero-order chi connectivity index (χ0) is 14.5. The third-order valence-electron chi connectivity index (χ3n) is 2.54. The predicted molar refractivity (Wildman–Crippen MR) is 68.6 cm³/mol. The first-order valence-corrected chi connectivity index (χ1v) is 5.56. The first-order chi connectivity index (χ1) is 9.65. The molecule has 1 aromatic heterocycles. The molecule has 1 aromatic carbocycles. The SMILES string of the molecule is NNC(=O)OC(OC(=O)NN)c1c[nH]c2ccccc12. The summed E-state index contributed by atoms with van der Waals surface area (Å²) in [4.78, 5) is 25.4. The van der Waals surface area contributed by atoms with Gasteiger partial charge in [0.25, 0.3) is 6.29 Å². The normalized spacial score (nSPS) is 10.3. The number of H-pyrrole nitrogens is 1. The first kappa shape index (κ1) is 13.6. The molecule has 2 aromatic rings. The largest absolute Gasteiger partial charge is 0.424 e. The van der Waals surface area contributed by atoms with E-state index in [0.29, 0.717) is 5.56 Å². The molecule has 0 bridgehead atoms. The molecular weight excluding hydrogens is 266 g/mol. The van der Waals surface area contributed by atoms with Crippen molar-refractivity contribution in [2.75, 3.05) is 0 Å². The second kappa shape index (κ2) is 5.91. The highest BCUT2D eigenvalue weighted by Crippen LogP contribution is 2.27. The van der Waals surface area contributed by atoms with Gasteiger partial charge in [0.05, 0.1) is 5.56 Å². The fourth-order valence-corrected chi connectivity index (χ4v) is 1.70. The van der Waals surface area contributed by atoms with Crippen LogP contribution in [-0.2, 0) is 9.47 Å². The Kier molecular flexibility index (Phi) is 4.03. The van der Waals surface area contributed by atoms with Crippen molar-refractivity contribution in [1.82, 2.24) is 15.8 Å². The van der Waals surface area contributed by atoms with Crippen LogP contribution in [0.25, 0.3) is 10.9 Å². The van der Waals surface area contributed by atoms with Gasteiger partial charge in [-0.05, 0) is 6.07 Å². The van der Waals surface area contributed by atoms with Gasteiger partial charge in [0.2, 0.25) is 0 Å². The van der Waals surface area contributed by atoms with Crippen LogP contribution in [-0.4, -0.2) is 17.2 Å². The summed E-state index contributed by atoms with van der Waals surface area (Å²) in [5, 5.41) is 0.729. The molecule has 0 radical (unpaired) electrons. The Morgan fingerprint density at radius 3 is 2.30 bits per heavy atom. The van der Waals surface area contributed by atoms with E-state index < -0.39 is 18.5 Å². The highest BCUT2D eigenvalue weighted by atomic mass is 16.7. The van der Waals surface area contributed by atoms with Crippen molar-refractivity contribution in [3.8, 4) is 0 Å². The Hall–Kier alpha value is -2.78. The van der Waals surface area contributed by atoms with E-state index in [9.17, 15) is 9.59 Å². The Labute approximate surface area is 113 Å². The van der Waals surface area contributed by atoms with Crippen molar-refractivity contribution in [3.63, 3.8) is 0 Å². The Bertz CT molecular complexity index is 608. The second-order valence-electron chi connectivity index (χ2n) is 3.72. The third kappa shape index (κ3) is 2.79. The number of amides is 2. The number of carbonyl (C=O) groups excluding carboxylic acids is 2. The van der Waals surface area contributed by atoms with Crippen molar-refractivity contribution in [1.29, 1.82) is 0 Å². The average Bonchev–Trinajstić information content (AvgIpc) is 2.90. The molecule has 0 aliphatic carbocycles. The van der Waals surface area contributed by atoms with Gasteiger partial charge in [-0.1, -0.05) is 18.2 Å². The molecule has 0 atom stereocenters. The minimum atomic E-state index is -1.29. The van der Waals surface area contributed by atoms with Gasteiger partial charge in [0.15, 0.2) is 0 Å². The van der Waals surface area contributed by atoms with Crippen molar-refractivity contribution in [2.24, 2.45) is 11.7 Å². The maximum atomic E-state index is 11.2. The summed E-state index contributed by atoms with van der Waals surface area (Å²) >= 11 is 0. The number of hydrogen-bond acceptors (Lipinski definition) is 6. The summed E-state index contributed by atoms with van der Waals surface area (Å²) in [6, 6.07) is 7.23. The van der Waals surface area contributed by atoms with Crippen molar-refractivity contribution in [2.45, 2.75) is 6.29 Å². The molecule has 0 unspecified atom stereocenters. The number of para-hydroxylation sites is 1. The van der Waals surface area contributed by atoms with Gasteiger partial charge < -0.3 is 14.5 Å². The van der Waals surface area contributed by atoms with E-state index in [2.05, 4.69) is 4.98 Å². The monoisotopic (exact) mass is 279 g/mol. The fraction of sp³-hybridized carbons (Fsp3) is 0.0909. The average molecular weight is 279 g/mol. The van der Waals surface area contributed by atoms with Gasteiger partial charge in [-0.25, -0.2) is 21.3 Å². The zero-order valence-corrected chi connectivity index (χ0v) is 10.3. The van der Waals surface area contributed by atoms with E-state index in [1.54, 1.807) is 29.2 Å². The summed E-state index contributed by atoms with van der Waals surface area (Å²) in [6.45, 7) is 0. The molecule has 0 saturated carbocycles. The lowest BCUT2D eigenvalue weighted by atomic mass is 10.2. The Morgan fingerprint density at radius 2 is 1.70 bits per heavy atom. The van der Waals surface area contributed by atoms with Crippen LogP contribution in [0.4, 0.5) is 9.59 Å². The van der Waals surface area contributed by atoms with Crippen molar-refractivity contribution < 1.29 is 19.1 Å². The summed E-state index contributed by atoms with van der Waals surface area (Å²) in [5.74, 6) is 9.87. The lowest BCUT2D eigenvalue weighted by Crippen LogP contribution is -2.36. The van der Waals surface area contributed by atoms with Crippen molar-refractivity contribution >= 4 is 23.1 Å². The molecule has 0 spiro atoms. The third-order valence-corrected chi connectivity index (χ3v) is 2.54. The standard InChI is InChI=1S/C11H13N5O4/c12-15-10(17)19-9(20-11(18)16-13)7-5-14-8-4-2-1-3-6(7)8/h1-5,9,14H,12-13H2,(H,15,17)(H,16,18). The predicted octanol–water partition coefficient (Wildman–Crippen LogP) is 0.366. The molecule has 2 amide bonds. The topological polar surface area (TPSA) is 144 Å². The number of hydrogen-bond donors (Lipinski definition) is 5. The summed E-state index contributed by atoms with van der Waals surface area (Å²) < 4.78 is 9.78. The quantitative estimate of drug-likeness (QED) is 0.237. The number of aromatic nitrogens is 1. The minimum absolute atomic E-state index is 0.452. The second-order valence-corrected chi connectivity index (χ2v) is 3.72. The molecule has 0 aliphatic rings. The molecule has 0 fully saturated rings. The highest BCUT2D eigenvalue weighted by Gasteiger charge is 2.23. The van der Waals surface area contributed by atoms with Crippen LogP contribution >= 0.6 is 0 Å². The van der Waals surface area contributed by atoms with Gasteiger partial charge in [0.1, 0.15) is 0 Å². The summed E-state index contributed by atoms with van der Waals surface area (Å²) in [5.41, 5.74) is 4.81. The number of fused-ring (bicyclic) bond motifs is 1. The van der Waals surface area contributed by atoms with Crippen LogP contribution in [0.2, 0.25) is 0 Å². The molecular formula is C11H13N5O4. The van der Waals surface area contributed by atoms with Crippen LogP contribution in [0.3, 0.4) is 0 Å². The molecule has 9 heteroatoms. The van der Waals surface area contributed by atoms with Gasteiger partial charge in [-0.3, -0.25) is 10.9 Å². The lowest BCUT2D eigenvalue weighted by molar-refractivity contribution is -0.0629. The van der Waals surface area contributed by atoms with Gasteiger partial charge in [0, 0.05) is 17.1 Å². The van der Waals surface area contributed by atoms with E-state index in [-0.39, 0.29) is 0 Å². The number of ether oxygens (including phenoxy) is 2. The van der Waals surface area contributed by atoms with E-state index >= 15 is 0 Å². The Morgan fingerprint density at radius 1 is 1.10 bits per heavy atom. The molecule has 20 heavy (non-hydrogen) atoms. The number of aromatic amines is 1. The number of hydrazine groups is 2. The summed E-state index contributed by atoms with van der Waals surface area (Å²) in [6.07, 6.45) is -1.64. The number of carbonyl (C=O) groups is 2. The first-order valence-electron chi connectivity index (χ1n) is 5.56. The molecule has 106 valence electrons. The fourth-order valence-electron chi connectivity index (χ4n) is 1.70. The maximum absolute atomic E-state index is 11.2. The van der Waals surface area contributed by atoms with E-state index in [0.717, 1.165) is 10.9 Å². The van der Waals surface area contributed by atoms with Crippen LogP contribution in [0, 0.1) is 0 Å². The molecule has 7 N–H and O–H groups in total. The number of benzene rings is 1. The number of nitrogens with one attached hydrogen (secondary N) is 3. The van der Waals surface area contributed by atoms with Crippen molar-refractivity contribution in [3.05, 3.63) is 36.0 Å². The van der Waals surface area contributed by atoms with Crippen LogP contribution in [0.5, 0.6) is 0 Å². The molecule has 2 rings (SSSR count). The van der Waals surface area contributed by atoms with E-state index in [4.69, 9.17) is 21.2 Å². The van der Waals surface area contributed by atoms with Crippen LogP contribution in [0.1, 0.15) is 11.9 Å². The van der Waals surface area contributed by atoms with Crippen LogP contribution in [0.15, 0.2) is 30.5 Å². The molecule has 9 nitrogen and oxygen atoms in total. The number of rotatable bonds is 3. The van der Waals surface area contributed by atoms with Crippen LogP contribution < -0.4 is 22.5 Å². The number of nitrogens with two attached hydrogens (primary N) is 2. The van der Waals surface area contributed by atoms with E-state index in [1.807, 2.05) is 12.1 Å². The van der Waals surface area contributed by atoms with Gasteiger partial charge >= 0.3 is 12.2 Å². The molecule has 0 aliphatic heterocycles. The summed E-state index contributed by atoms with van der Waals surface area (Å²) in [7, 11) is 0. The van der Waals surface area contributed by atoms with Gasteiger partial charge in [-0.2, -0.15) is 0 Å².